The van der Waals surface area contributed by atoms with Crippen LogP contribution in [0, 0.1) is 22.0 Å². The molecule has 1 N–H and O–H groups in total. The molecular weight excluding hydrogens is 268 g/mol. The lowest BCUT2D eigenvalue weighted by Crippen LogP contribution is -2.21. The number of hydrogen-bond acceptors (Lipinski definition) is 4. The number of rotatable bonds is 6. The van der Waals surface area contributed by atoms with E-state index in [0.717, 1.165) is 12.5 Å². The first-order valence-electron chi connectivity index (χ1n) is 7.75. The topological polar surface area (TPSA) is 64.4 Å². The summed E-state index contributed by atoms with van der Waals surface area (Å²) in [7, 11) is 0. The van der Waals surface area contributed by atoms with E-state index in [9.17, 15) is 10.1 Å². The van der Waals surface area contributed by atoms with Crippen molar-refractivity contribution in [2.24, 2.45) is 11.8 Å². The highest BCUT2D eigenvalue weighted by atomic mass is 16.6. The zero-order valence-electron chi connectivity index (χ0n) is 12.8. The lowest BCUT2D eigenvalue weighted by Gasteiger charge is -2.27. The molecule has 0 radical (unpaired) electrons. The Kier molecular flexibility index (Phi) is 5.42. The first kappa shape index (κ1) is 15.6. The minimum Gasteiger partial charge on any atom is -0.494 e. The third-order valence-electron chi connectivity index (χ3n) is 4.10. The molecule has 5 nitrogen and oxygen atoms in total. The van der Waals surface area contributed by atoms with Crippen molar-refractivity contribution in [2.75, 3.05) is 18.5 Å². The molecule has 1 aliphatic rings. The summed E-state index contributed by atoms with van der Waals surface area (Å²) in [5.74, 6) is 1.92. The lowest BCUT2D eigenvalue weighted by atomic mass is 9.82. The van der Waals surface area contributed by atoms with Crippen molar-refractivity contribution in [3.05, 3.63) is 28.3 Å². The highest BCUT2D eigenvalue weighted by molar-refractivity contribution is 5.63. The quantitative estimate of drug-likeness (QED) is 0.629. The van der Waals surface area contributed by atoms with Gasteiger partial charge in [-0.3, -0.25) is 10.1 Å². The second-order valence-corrected chi connectivity index (χ2v) is 5.89. The molecule has 0 aromatic heterocycles. The van der Waals surface area contributed by atoms with Gasteiger partial charge < -0.3 is 10.1 Å². The van der Waals surface area contributed by atoms with Crippen LogP contribution in [0.15, 0.2) is 18.2 Å². The second kappa shape index (κ2) is 7.29. The first-order chi connectivity index (χ1) is 10.1. The average Bonchev–Trinajstić information content (AvgIpc) is 2.46. The lowest BCUT2D eigenvalue weighted by molar-refractivity contribution is -0.384. The van der Waals surface area contributed by atoms with E-state index in [-0.39, 0.29) is 10.6 Å². The van der Waals surface area contributed by atoms with Gasteiger partial charge in [-0.05, 0) is 43.7 Å². The van der Waals surface area contributed by atoms with E-state index < -0.39 is 0 Å². The van der Waals surface area contributed by atoms with Gasteiger partial charge in [-0.25, -0.2) is 0 Å². The Bertz CT molecular complexity index is 490. The number of hydrogen-bond donors (Lipinski definition) is 1. The largest absolute Gasteiger partial charge is 0.494 e. The smallest absolute Gasteiger partial charge is 0.296 e. The van der Waals surface area contributed by atoms with Crippen molar-refractivity contribution in [1.29, 1.82) is 0 Å². The predicted molar refractivity (Wildman–Crippen MR) is 83.9 cm³/mol. The van der Waals surface area contributed by atoms with Crippen molar-refractivity contribution in [3.63, 3.8) is 0 Å². The van der Waals surface area contributed by atoms with Crippen LogP contribution in [0.25, 0.3) is 0 Å². The van der Waals surface area contributed by atoms with Gasteiger partial charge in [-0.1, -0.05) is 19.8 Å². The Morgan fingerprint density at radius 1 is 1.43 bits per heavy atom. The monoisotopic (exact) mass is 292 g/mol. The molecular formula is C16H24N2O3. The minimum absolute atomic E-state index is 0.0878. The fraction of sp³-hybridized carbons (Fsp3) is 0.625. The normalized spacial score (nSPS) is 21.8. The molecule has 116 valence electrons. The van der Waals surface area contributed by atoms with Gasteiger partial charge in [0.2, 0.25) is 0 Å². The van der Waals surface area contributed by atoms with Crippen LogP contribution >= 0.6 is 0 Å². The molecule has 0 spiro atoms. The summed E-state index contributed by atoms with van der Waals surface area (Å²) in [6.45, 7) is 5.46. The van der Waals surface area contributed by atoms with Gasteiger partial charge in [0.15, 0.2) is 0 Å². The summed E-state index contributed by atoms with van der Waals surface area (Å²) in [6, 6.07) is 5.02. The molecule has 1 aromatic rings. The van der Waals surface area contributed by atoms with Gasteiger partial charge in [0.05, 0.1) is 17.6 Å². The molecule has 2 rings (SSSR count). The molecule has 0 bridgehead atoms. The number of ether oxygens (including phenoxy) is 1. The van der Waals surface area contributed by atoms with Crippen molar-refractivity contribution in [1.82, 2.24) is 0 Å². The van der Waals surface area contributed by atoms with Crippen LogP contribution in [-0.2, 0) is 0 Å². The number of nitrogens with zero attached hydrogens (tertiary/aromatic N) is 1. The van der Waals surface area contributed by atoms with E-state index in [4.69, 9.17) is 4.74 Å². The highest BCUT2D eigenvalue weighted by Gasteiger charge is 2.20. The molecule has 0 saturated heterocycles. The SMILES string of the molecule is CCOc1ccc(NCC2CCCC(C)C2)c([N+](=O)[O-])c1. The second-order valence-electron chi connectivity index (χ2n) is 5.89. The molecule has 2 unspecified atom stereocenters. The standard InChI is InChI=1S/C16H24N2O3/c1-3-21-14-7-8-15(16(10-14)18(19)20)17-11-13-6-4-5-12(2)9-13/h7-8,10,12-13,17H,3-6,9,11H2,1-2H3. The Morgan fingerprint density at radius 2 is 2.24 bits per heavy atom. The van der Waals surface area contributed by atoms with E-state index in [1.807, 2.05) is 6.92 Å². The van der Waals surface area contributed by atoms with E-state index >= 15 is 0 Å². The average molecular weight is 292 g/mol. The van der Waals surface area contributed by atoms with Crippen LogP contribution in [0.3, 0.4) is 0 Å². The molecule has 0 amide bonds. The third kappa shape index (κ3) is 4.34. The number of nitro groups is 1. The molecule has 1 aliphatic carbocycles. The summed E-state index contributed by atoms with van der Waals surface area (Å²) in [6.07, 6.45) is 4.98. The molecule has 0 aliphatic heterocycles. The van der Waals surface area contributed by atoms with Gasteiger partial charge in [0.1, 0.15) is 11.4 Å². The van der Waals surface area contributed by atoms with Gasteiger partial charge >= 0.3 is 0 Å². The zero-order chi connectivity index (χ0) is 15.2. The molecule has 1 saturated carbocycles. The molecule has 0 heterocycles. The van der Waals surface area contributed by atoms with Crippen LogP contribution in [0.2, 0.25) is 0 Å². The first-order valence-corrected chi connectivity index (χ1v) is 7.75. The highest BCUT2D eigenvalue weighted by Crippen LogP contribution is 2.32. The number of nitro benzene ring substituents is 1. The molecule has 1 fully saturated rings. The van der Waals surface area contributed by atoms with Gasteiger partial charge in [0.25, 0.3) is 5.69 Å². The third-order valence-corrected chi connectivity index (χ3v) is 4.10. The van der Waals surface area contributed by atoms with Crippen LogP contribution < -0.4 is 10.1 Å². The number of nitrogens with one attached hydrogen (secondary N) is 1. The van der Waals surface area contributed by atoms with Gasteiger partial charge in [0, 0.05) is 6.54 Å². The number of anilines is 1. The maximum absolute atomic E-state index is 11.2. The summed E-state index contributed by atoms with van der Waals surface area (Å²) in [4.78, 5) is 10.8. The molecule has 5 heteroatoms. The Labute approximate surface area is 125 Å². The van der Waals surface area contributed by atoms with Gasteiger partial charge in [-0.15, -0.1) is 0 Å². The van der Waals surface area contributed by atoms with Crippen LogP contribution in [0.1, 0.15) is 39.5 Å². The van der Waals surface area contributed by atoms with Crippen molar-refractivity contribution in [2.45, 2.75) is 39.5 Å². The maximum atomic E-state index is 11.2. The van der Waals surface area contributed by atoms with Crippen LogP contribution in [0.5, 0.6) is 5.75 Å². The zero-order valence-corrected chi connectivity index (χ0v) is 12.8. The van der Waals surface area contributed by atoms with E-state index in [1.165, 1.54) is 31.7 Å². The fourth-order valence-electron chi connectivity index (χ4n) is 3.07. The van der Waals surface area contributed by atoms with E-state index in [2.05, 4.69) is 12.2 Å². The Morgan fingerprint density at radius 3 is 2.90 bits per heavy atom. The molecule has 1 aromatic carbocycles. The van der Waals surface area contributed by atoms with E-state index in [1.54, 1.807) is 12.1 Å². The van der Waals surface area contributed by atoms with Crippen molar-refractivity contribution < 1.29 is 9.66 Å². The summed E-state index contributed by atoms with van der Waals surface area (Å²) in [5.41, 5.74) is 0.673. The predicted octanol–water partition coefficient (Wildman–Crippen LogP) is 4.23. The summed E-state index contributed by atoms with van der Waals surface area (Å²) < 4.78 is 5.33. The maximum Gasteiger partial charge on any atom is 0.296 e. The van der Waals surface area contributed by atoms with Crippen molar-refractivity contribution >= 4 is 11.4 Å². The Hall–Kier alpha value is -1.78. The number of benzene rings is 1. The van der Waals surface area contributed by atoms with E-state index in [0.29, 0.717) is 24.0 Å². The van der Waals surface area contributed by atoms with Gasteiger partial charge in [-0.2, -0.15) is 0 Å². The van der Waals surface area contributed by atoms with Crippen LogP contribution in [-0.4, -0.2) is 18.1 Å². The Balaban J connectivity index is 2.03. The molecule has 21 heavy (non-hydrogen) atoms. The fourth-order valence-corrected chi connectivity index (χ4v) is 3.07. The van der Waals surface area contributed by atoms with Crippen molar-refractivity contribution in [3.8, 4) is 5.75 Å². The molecule has 2 atom stereocenters. The minimum atomic E-state index is -0.353. The van der Waals surface area contributed by atoms with Crippen LogP contribution in [0.4, 0.5) is 11.4 Å². The summed E-state index contributed by atoms with van der Waals surface area (Å²) >= 11 is 0. The summed E-state index contributed by atoms with van der Waals surface area (Å²) in [5, 5.41) is 14.4.